The molecule has 2 aliphatic rings. The van der Waals surface area contributed by atoms with Crippen LogP contribution in [0.1, 0.15) is 19.8 Å². The van der Waals surface area contributed by atoms with Crippen LogP contribution in [0.3, 0.4) is 0 Å². The first-order valence-corrected chi connectivity index (χ1v) is 5.85. The van der Waals surface area contributed by atoms with Crippen LogP contribution in [0.25, 0.3) is 0 Å². The highest BCUT2D eigenvalue weighted by atomic mass is 35.5. The van der Waals surface area contributed by atoms with Gasteiger partial charge in [0, 0.05) is 25.7 Å². The molecule has 0 radical (unpaired) electrons. The lowest BCUT2D eigenvalue weighted by atomic mass is 10.2. The molecular formula is C11H21ClN2O2. The smallest absolute Gasteiger partial charge is 0.248 e. The highest BCUT2D eigenvalue weighted by Gasteiger charge is 2.25. The standard InChI is InChI=1S/C11H20N2O2.ClH/c1-9-6-12-4-5-13(9)11(14)8-15-7-10-2-3-10;/h9-10,12H,2-8H2,1H3;1H. The van der Waals surface area contributed by atoms with Crippen molar-refractivity contribution < 1.29 is 9.53 Å². The van der Waals surface area contributed by atoms with E-state index in [0.717, 1.165) is 32.2 Å². The highest BCUT2D eigenvalue weighted by Crippen LogP contribution is 2.28. The summed E-state index contributed by atoms with van der Waals surface area (Å²) in [5.74, 6) is 0.878. The Kier molecular flexibility index (Phi) is 5.52. The minimum atomic E-state index is 0. The third-order valence-electron chi connectivity index (χ3n) is 3.10. The van der Waals surface area contributed by atoms with Crippen molar-refractivity contribution in [3.05, 3.63) is 0 Å². The van der Waals surface area contributed by atoms with Crippen LogP contribution < -0.4 is 5.32 Å². The molecular weight excluding hydrogens is 228 g/mol. The van der Waals surface area contributed by atoms with E-state index in [1.807, 2.05) is 4.90 Å². The predicted molar refractivity (Wildman–Crippen MR) is 64.8 cm³/mol. The topological polar surface area (TPSA) is 41.6 Å². The van der Waals surface area contributed by atoms with E-state index in [1.165, 1.54) is 12.8 Å². The quantitative estimate of drug-likeness (QED) is 0.795. The van der Waals surface area contributed by atoms with Gasteiger partial charge in [-0.25, -0.2) is 0 Å². The summed E-state index contributed by atoms with van der Waals surface area (Å²) >= 11 is 0. The number of nitrogens with one attached hydrogen (secondary N) is 1. The van der Waals surface area contributed by atoms with Gasteiger partial charge in [-0.1, -0.05) is 0 Å². The molecule has 1 heterocycles. The van der Waals surface area contributed by atoms with Crippen molar-refractivity contribution in [3.8, 4) is 0 Å². The molecule has 1 amide bonds. The van der Waals surface area contributed by atoms with E-state index < -0.39 is 0 Å². The molecule has 1 aliphatic carbocycles. The number of ether oxygens (including phenoxy) is 1. The van der Waals surface area contributed by atoms with Crippen molar-refractivity contribution in [2.75, 3.05) is 32.8 Å². The SMILES string of the molecule is CC1CNCCN1C(=O)COCC1CC1.Cl. The van der Waals surface area contributed by atoms with E-state index in [4.69, 9.17) is 4.74 Å². The normalized spacial score (nSPS) is 25.1. The third-order valence-corrected chi connectivity index (χ3v) is 3.10. The maximum Gasteiger partial charge on any atom is 0.248 e. The summed E-state index contributed by atoms with van der Waals surface area (Å²) in [6.45, 7) is 5.72. The van der Waals surface area contributed by atoms with Gasteiger partial charge >= 0.3 is 0 Å². The van der Waals surface area contributed by atoms with Gasteiger partial charge in [-0.15, -0.1) is 12.4 Å². The maximum atomic E-state index is 11.8. The van der Waals surface area contributed by atoms with Crippen LogP contribution in [0, 0.1) is 5.92 Å². The molecule has 1 unspecified atom stereocenters. The van der Waals surface area contributed by atoms with Gasteiger partial charge in [-0.3, -0.25) is 4.79 Å². The van der Waals surface area contributed by atoms with Crippen LogP contribution in [0.4, 0.5) is 0 Å². The van der Waals surface area contributed by atoms with Crippen LogP contribution in [-0.2, 0) is 9.53 Å². The molecule has 0 bridgehead atoms. The fourth-order valence-electron chi connectivity index (χ4n) is 1.89. The monoisotopic (exact) mass is 248 g/mol. The lowest BCUT2D eigenvalue weighted by Crippen LogP contribution is -2.53. The van der Waals surface area contributed by atoms with Gasteiger partial charge in [-0.05, 0) is 25.7 Å². The lowest BCUT2D eigenvalue weighted by molar-refractivity contribution is -0.139. The lowest BCUT2D eigenvalue weighted by Gasteiger charge is -2.33. The Labute approximate surface area is 103 Å². The van der Waals surface area contributed by atoms with Crippen molar-refractivity contribution in [2.24, 2.45) is 5.92 Å². The second-order valence-corrected chi connectivity index (χ2v) is 4.60. The summed E-state index contributed by atoms with van der Waals surface area (Å²) in [6, 6.07) is 0.302. The summed E-state index contributed by atoms with van der Waals surface area (Å²) in [5.41, 5.74) is 0. The zero-order valence-corrected chi connectivity index (χ0v) is 10.6. The second kappa shape index (κ2) is 6.42. The number of amides is 1. The van der Waals surface area contributed by atoms with Gasteiger partial charge in [0.25, 0.3) is 0 Å². The van der Waals surface area contributed by atoms with E-state index in [0.29, 0.717) is 6.04 Å². The maximum absolute atomic E-state index is 11.8. The summed E-state index contributed by atoms with van der Waals surface area (Å²) in [7, 11) is 0. The van der Waals surface area contributed by atoms with E-state index in [-0.39, 0.29) is 24.9 Å². The van der Waals surface area contributed by atoms with Gasteiger partial charge < -0.3 is 15.0 Å². The molecule has 0 aromatic carbocycles. The first-order valence-electron chi connectivity index (χ1n) is 5.85. The molecule has 1 atom stereocenters. The first-order chi connectivity index (χ1) is 7.27. The van der Waals surface area contributed by atoms with Gasteiger partial charge in [0.2, 0.25) is 5.91 Å². The highest BCUT2D eigenvalue weighted by molar-refractivity contribution is 5.85. The van der Waals surface area contributed by atoms with Crippen molar-refractivity contribution in [2.45, 2.75) is 25.8 Å². The molecule has 1 saturated heterocycles. The zero-order valence-electron chi connectivity index (χ0n) is 9.78. The summed E-state index contributed by atoms with van der Waals surface area (Å²) in [6.07, 6.45) is 2.55. The Morgan fingerprint density at radius 3 is 2.88 bits per heavy atom. The van der Waals surface area contributed by atoms with Gasteiger partial charge in [0.15, 0.2) is 0 Å². The van der Waals surface area contributed by atoms with Crippen LogP contribution >= 0.6 is 12.4 Å². The van der Waals surface area contributed by atoms with Crippen molar-refractivity contribution in [3.63, 3.8) is 0 Å². The molecule has 16 heavy (non-hydrogen) atoms. The molecule has 2 fully saturated rings. The summed E-state index contributed by atoms with van der Waals surface area (Å²) in [4.78, 5) is 13.7. The number of rotatable bonds is 4. The average Bonchev–Trinajstić information content (AvgIpc) is 3.02. The third kappa shape index (κ3) is 3.92. The molecule has 1 N–H and O–H groups in total. The fraction of sp³-hybridized carbons (Fsp3) is 0.909. The number of halogens is 1. The minimum absolute atomic E-state index is 0. The van der Waals surface area contributed by atoms with E-state index in [9.17, 15) is 4.79 Å². The van der Waals surface area contributed by atoms with E-state index in [2.05, 4.69) is 12.2 Å². The fourth-order valence-corrected chi connectivity index (χ4v) is 1.89. The zero-order chi connectivity index (χ0) is 10.7. The molecule has 1 saturated carbocycles. The van der Waals surface area contributed by atoms with Crippen molar-refractivity contribution in [1.29, 1.82) is 0 Å². The molecule has 5 heteroatoms. The summed E-state index contributed by atoms with van der Waals surface area (Å²) in [5, 5.41) is 3.27. The molecule has 0 aromatic heterocycles. The molecule has 0 spiro atoms. The van der Waals surface area contributed by atoms with Crippen molar-refractivity contribution in [1.82, 2.24) is 10.2 Å². The number of hydrogen-bond acceptors (Lipinski definition) is 3. The predicted octanol–water partition coefficient (Wildman–Crippen LogP) is 0.655. The van der Waals surface area contributed by atoms with E-state index >= 15 is 0 Å². The Balaban J connectivity index is 0.00000128. The minimum Gasteiger partial charge on any atom is -0.371 e. The van der Waals surface area contributed by atoms with Crippen molar-refractivity contribution >= 4 is 18.3 Å². The molecule has 1 aliphatic heterocycles. The average molecular weight is 249 g/mol. The number of carbonyl (C=O) groups is 1. The number of piperazine rings is 1. The van der Waals surface area contributed by atoms with E-state index in [1.54, 1.807) is 0 Å². The van der Waals surface area contributed by atoms with Crippen LogP contribution in [0.2, 0.25) is 0 Å². The molecule has 94 valence electrons. The Hall–Kier alpha value is -0.320. The molecule has 2 rings (SSSR count). The van der Waals surface area contributed by atoms with Gasteiger partial charge in [0.05, 0.1) is 6.61 Å². The Morgan fingerprint density at radius 2 is 2.25 bits per heavy atom. The Bertz CT molecular complexity index is 234. The molecule has 0 aromatic rings. The van der Waals surface area contributed by atoms with Crippen LogP contribution in [0.15, 0.2) is 0 Å². The number of nitrogens with zero attached hydrogens (tertiary/aromatic N) is 1. The first kappa shape index (κ1) is 13.7. The number of carbonyl (C=O) groups excluding carboxylic acids is 1. The van der Waals surface area contributed by atoms with Gasteiger partial charge in [-0.2, -0.15) is 0 Å². The van der Waals surface area contributed by atoms with Crippen LogP contribution in [-0.4, -0.2) is 49.7 Å². The summed E-state index contributed by atoms with van der Waals surface area (Å²) < 4.78 is 5.41. The van der Waals surface area contributed by atoms with Crippen LogP contribution in [0.5, 0.6) is 0 Å². The number of hydrogen-bond donors (Lipinski definition) is 1. The largest absolute Gasteiger partial charge is 0.371 e. The Morgan fingerprint density at radius 1 is 1.50 bits per heavy atom. The van der Waals surface area contributed by atoms with Gasteiger partial charge in [0.1, 0.15) is 6.61 Å². The molecule has 4 nitrogen and oxygen atoms in total. The second-order valence-electron chi connectivity index (χ2n) is 4.60.